The summed E-state index contributed by atoms with van der Waals surface area (Å²) in [6.07, 6.45) is 0. The number of rotatable bonds is 3. The van der Waals surface area contributed by atoms with Gasteiger partial charge in [-0.05, 0) is 59.6 Å². The van der Waals surface area contributed by atoms with Crippen molar-refractivity contribution in [3.63, 3.8) is 0 Å². The van der Waals surface area contributed by atoms with Gasteiger partial charge in [0.25, 0.3) is 0 Å². The number of hydrogen-bond acceptors (Lipinski definition) is 3. The molecule has 0 aliphatic heterocycles. The fourth-order valence-electron chi connectivity index (χ4n) is 1.91. The summed E-state index contributed by atoms with van der Waals surface area (Å²) in [5, 5.41) is 12.8. The van der Waals surface area contributed by atoms with Crippen molar-refractivity contribution in [1.29, 1.82) is 0 Å². The average Bonchev–Trinajstić information content (AvgIpc) is 2.32. The number of aromatic nitrogens is 1. The van der Waals surface area contributed by atoms with Crippen LogP contribution >= 0.6 is 27.5 Å². The number of carbonyl (C=O) groups is 1. The first-order chi connectivity index (χ1) is 9.38. The molecule has 0 atom stereocenters. The monoisotopic (exact) mass is 354 g/mol. The molecule has 0 unspecified atom stereocenters. The maximum atomic E-state index is 11.4. The molecule has 0 radical (unpaired) electrons. The van der Waals surface area contributed by atoms with E-state index >= 15 is 0 Å². The third-order valence-corrected chi connectivity index (χ3v) is 3.97. The molecule has 104 valence electrons. The van der Waals surface area contributed by atoms with Crippen LogP contribution in [-0.2, 0) is 0 Å². The highest BCUT2D eigenvalue weighted by Crippen LogP contribution is 2.28. The predicted molar refractivity (Wildman–Crippen MR) is 83.1 cm³/mol. The van der Waals surface area contributed by atoms with Crippen molar-refractivity contribution in [2.24, 2.45) is 0 Å². The molecule has 0 amide bonds. The smallest absolute Gasteiger partial charge is 0.339 e. The quantitative estimate of drug-likeness (QED) is 0.847. The molecule has 2 N–H and O–H groups in total. The largest absolute Gasteiger partial charge is 0.478 e. The highest BCUT2D eigenvalue weighted by molar-refractivity contribution is 9.10. The first-order valence-electron chi connectivity index (χ1n) is 5.82. The molecule has 20 heavy (non-hydrogen) atoms. The number of carboxylic acids is 1. The number of hydrogen-bond donors (Lipinski definition) is 2. The second-order valence-corrected chi connectivity index (χ2v) is 5.62. The molecular formula is C14H12BrClN2O2. The highest BCUT2D eigenvalue weighted by Gasteiger charge is 2.16. The third-order valence-electron chi connectivity index (χ3n) is 2.74. The minimum atomic E-state index is -1.01. The number of aromatic carboxylic acids is 1. The van der Waals surface area contributed by atoms with Gasteiger partial charge in [0.15, 0.2) is 0 Å². The van der Waals surface area contributed by atoms with Crippen molar-refractivity contribution >= 4 is 45.0 Å². The molecule has 0 aliphatic carbocycles. The van der Waals surface area contributed by atoms with Gasteiger partial charge >= 0.3 is 5.97 Å². The van der Waals surface area contributed by atoms with Gasteiger partial charge in [-0.1, -0.05) is 11.6 Å². The number of carboxylic acid groups (broad SMARTS) is 1. The van der Waals surface area contributed by atoms with E-state index in [0.29, 0.717) is 22.1 Å². The number of nitrogens with one attached hydrogen (secondary N) is 1. The molecule has 0 spiro atoms. The van der Waals surface area contributed by atoms with Crippen LogP contribution in [-0.4, -0.2) is 16.1 Å². The Balaban J connectivity index is 2.47. The van der Waals surface area contributed by atoms with Crippen LogP contribution < -0.4 is 5.32 Å². The summed E-state index contributed by atoms with van der Waals surface area (Å²) in [6, 6.07) is 7.02. The molecule has 1 aromatic heterocycles. The van der Waals surface area contributed by atoms with Gasteiger partial charge in [-0.25, -0.2) is 9.78 Å². The number of nitrogens with zero attached hydrogens (tertiary/aromatic N) is 1. The Kier molecular flexibility index (Phi) is 4.30. The van der Waals surface area contributed by atoms with Gasteiger partial charge in [0, 0.05) is 15.9 Å². The van der Waals surface area contributed by atoms with Crippen LogP contribution in [0.1, 0.15) is 21.6 Å². The third kappa shape index (κ3) is 3.11. The molecule has 0 bridgehead atoms. The van der Waals surface area contributed by atoms with E-state index in [4.69, 9.17) is 11.6 Å². The van der Waals surface area contributed by atoms with E-state index < -0.39 is 5.97 Å². The van der Waals surface area contributed by atoms with E-state index in [-0.39, 0.29) is 5.56 Å². The first-order valence-corrected chi connectivity index (χ1v) is 6.99. The Morgan fingerprint density at radius 2 is 2.05 bits per heavy atom. The number of anilines is 2. The van der Waals surface area contributed by atoms with Gasteiger partial charge in [-0.3, -0.25) is 0 Å². The lowest BCUT2D eigenvalue weighted by Gasteiger charge is -2.12. The summed E-state index contributed by atoms with van der Waals surface area (Å²) >= 11 is 9.33. The maximum Gasteiger partial charge on any atom is 0.339 e. The maximum absolute atomic E-state index is 11.4. The summed E-state index contributed by atoms with van der Waals surface area (Å²) in [7, 11) is 0. The van der Waals surface area contributed by atoms with Gasteiger partial charge in [-0.2, -0.15) is 0 Å². The first kappa shape index (κ1) is 14.8. The van der Waals surface area contributed by atoms with Crippen LogP contribution in [0.5, 0.6) is 0 Å². The van der Waals surface area contributed by atoms with Crippen LogP contribution in [0.2, 0.25) is 5.02 Å². The summed E-state index contributed by atoms with van der Waals surface area (Å²) in [5.41, 5.74) is 2.25. The van der Waals surface area contributed by atoms with Gasteiger partial charge in [0.05, 0.1) is 5.02 Å². The van der Waals surface area contributed by atoms with Crippen LogP contribution in [0.15, 0.2) is 28.7 Å². The molecule has 0 saturated carbocycles. The highest BCUT2D eigenvalue weighted by atomic mass is 79.9. The summed E-state index contributed by atoms with van der Waals surface area (Å²) in [6.45, 7) is 3.57. The average molecular weight is 356 g/mol. The van der Waals surface area contributed by atoms with Crippen LogP contribution in [0.3, 0.4) is 0 Å². The van der Waals surface area contributed by atoms with Gasteiger partial charge in [0.2, 0.25) is 0 Å². The Hall–Kier alpha value is -1.59. The molecule has 1 heterocycles. The van der Waals surface area contributed by atoms with Crippen molar-refractivity contribution in [1.82, 2.24) is 4.98 Å². The van der Waals surface area contributed by atoms with Gasteiger partial charge < -0.3 is 10.4 Å². The second kappa shape index (κ2) is 5.81. The SMILES string of the molecule is Cc1cc(C)c(C(=O)O)c(Nc2ccc(Br)c(Cl)c2)n1. The second-order valence-electron chi connectivity index (χ2n) is 4.36. The molecule has 2 rings (SSSR count). The zero-order chi connectivity index (χ0) is 14.9. The summed E-state index contributed by atoms with van der Waals surface area (Å²) < 4.78 is 0.775. The zero-order valence-electron chi connectivity index (χ0n) is 10.9. The topological polar surface area (TPSA) is 62.2 Å². The van der Waals surface area contributed by atoms with Gasteiger partial charge in [0.1, 0.15) is 11.4 Å². The lowest BCUT2D eigenvalue weighted by molar-refractivity contribution is 0.0697. The molecule has 6 heteroatoms. The van der Waals surface area contributed by atoms with E-state index in [2.05, 4.69) is 26.2 Å². The minimum absolute atomic E-state index is 0.162. The lowest BCUT2D eigenvalue weighted by atomic mass is 10.1. The molecule has 0 saturated heterocycles. The van der Waals surface area contributed by atoms with E-state index in [0.717, 1.165) is 10.2 Å². The fraction of sp³-hybridized carbons (Fsp3) is 0.143. The number of aryl methyl sites for hydroxylation is 2. The lowest BCUT2D eigenvalue weighted by Crippen LogP contribution is -2.08. The Morgan fingerprint density at radius 3 is 2.65 bits per heavy atom. The zero-order valence-corrected chi connectivity index (χ0v) is 13.2. The Labute approximate surface area is 129 Å². The van der Waals surface area contributed by atoms with E-state index in [1.165, 1.54) is 0 Å². The van der Waals surface area contributed by atoms with Crippen molar-refractivity contribution in [3.05, 3.63) is 50.6 Å². The van der Waals surface area contributed by atoms with Crippen molar-refractivity contribution in [2.45, 2.75) is 13.8 Å². The predicted octanol–water partition coefficient (Wildman–Crippen LogP) is 4.56. The van der Waals surface area contributed by atoms with Gasteiger partial charge in [-0.15, -0.1) is 0 Å². The Bertz CT molecular complexity index is 689. The fourth-order valence-corrected chi connectivity index (χ4v) is 2.33. The van der Waals surface area contributed by atoms with Crippen LogP contribution in [0.25, 0.3) is 0 Å². The Morgan fingerprint density at radius 1 is 1.35 bits per heavy atom. The standard InChI is InChI=1S/C14H12BrClN2O2/c1-7-5-8(2)17-13(12(7)14(19)20)18-9-3-4-10(15)11(16)6-9/h3-6H,1-2H3,(H,17,18)(H,19,20). The minimum Gasteiger partial charge on any atom is -0.478 e. The van der Waals surface area contributed by atoms with Crippen molar-refractivity contribution in [3.8, 4) is 0 Å². The number of benzene rings is 1. The molecule has 4 nitrogen and oxygen atoms in total. The molecule has 1 aromatic carbocycles. The normalized spacial score (nSPS) is 10.4. The van der Waals surface area contributed by atoms with Crippen molar-refractivity contribution in [2.75, 3.05) is 5.32 Å². The van der Waals surface area contributed by atoms with Crippen molar-refractivity contribution < 1.29 is 9.90 Å². The van der Waals surface area contributed by atoms with E-state index in [9.17, 15) is 9.90 Å². The molecular weight excluding hydrogens is 344 g/mol. The number of halogens is 2. The molecule has 0 fully saturated rings. The van der Waals surface area contributed by atoms with E-state index in [1.807, 2.05) is 6.92 Å². The van der Waals surface area contributed by atoms with E-state index in [1.54, 1.807) is 31.2 Å². The molecule has 0 aliphatic rings. The summed E-state index contributed by atoms with van der Waals surface area (Å²) in [4.78, 5) is 15.6. The molecule has 2 aromatic rings. The van der Waals surface area contributed by atoms with Crippen LogP contribution in [0.4, 0.5) is 11.5 Å². The number of pyridine rings is 1. The van der Waals surface area contributed by atoms with Crippen LogP contribution in [0, 0.1) is 13.8 Å². The summed E-state index contributed by atoms with van der Waals surface area (Å²) in [5.74, 6) is -0.700.